The van der Waals surface area contributed by atoms with Crippen molar-refractivity contribution in [2.24, 2.45) is 0 Å². The molecule has 0 bridgehead atoms. The highest BCUT2D eigenvalue weighted by atomic mass is 16.2. The Balaban J connectivity index is 1.56. The molecule has 2 aromatic rings. The van der Waals surface area contributed by atoms with Crippen LogP contribution in [-0.2, 0) is 5.41 Å². The van der Waals surface area contributed by atoms with Crippen LogP contribution >= 0.6 is 0 Å². The van der Waals surface area contributed by atoms with Crippen molar-refractivity contribution >= 4 is 11.6 Å². The van der Waals surface area contributed by atoms with E-state index in [1.54, 1.807) is 11.1 Å². The summed E-state index contributed by atoms with van der Waals surface area (Å²) in [6.45, 7) is 0.644. The highest BCUT2D eigenvalue weighted by molar-refractivity contribution is 6.06. The van der Waals surface area contributed by atoms with Gasteiger partial charge in [-0.3, -0.25) is 14.6 Å². The molecule has 1 N–H and O–H groups in total. The van der Waals surface area contributed by atoms with E-state index in [1.165, 1.54) is 6.07 Å². The van der Waals surface area contributed by atoms with Crippen LogP contribution in [-0.4, -0.2) is 27.4 Å². The molecule has 6 heteroatoms. The van der Waals surface area contributed by atoms with Crippen molar-refractivity contribution in [2.75, 3.05) is 11.4 Å². The van der Waals surface area contributed by atoms with Crippen LogP contribution in [0.25, 0.3) is 0 Å². The largest absolute Gasteiger partial charge is 0.310 e. The molecule has 2 aromatic heterocycles. The number of fused-ring (bicyclic) bond motifs is 2. The number of nitrogens with zero attached hydrogens (tertiary/aromatic N) is 3. The summed E-state index contributed by atoms with van der Waals surface area (Å²) < 4.78 is 0. The SMILES string of the molecule is O=C(c1cc(=O)[nH]c(C2CC2)n1)N1CC2(CC2)c2ncccc21. The lowest BCUT2D eigenvalue weighted by molar-refractivity contribution is 0.0982. The van der Waals surface area contributed by atoms with E-state index in [0.29, 0.717) is 18.3 Å². The van der Waals surface area contributed by atoms with Crippen LogP contribution < -0.4 is 10.5 Å². The van der Waals surface area contributed by atoms with Gasteiger partial charge in [0.05, 0.1) is 11.4 Å². The van der Waals surface area contributed by atoms with E-state index in [2.05, 4.69) is 15.0 Å². The molecule has 0 atom stereocenters. The average molecular weight is 308 g/mol. The van der Waals surface area contributed by atoms with Gasteiger partial charge in [-0.2, -0.15) is 0 Å². The Morgan fingerprint density at radius 2 is 2.17 bits per heavy atom. The Hall–Kier alpha value is -2.50. The minimum absolute atomic E-state index is 0.0345. The van der Waals surface area contributed by atoms with E-state index < -0.39 is 0 Å². The molecule has 0 radical (unpaired) electrons. The van der Waals surface area contributed by atoms with Crippen LogP contribution in [0.5, 0.6) is 0 Å². The molecule has 2 saturated carbocycles. The lowest BCUT2D eigenvalue weighted by Crippen LogP contribution is -2.33. The Kier molecular flexibility index (Phi) is 2.42. The molecule has 116 valence electrons. The van der Waals surface area contributed by atoms with E-state index in [0.717, 1.165) is 37.1 Å². The van der Waals surface area contributed by atoms with Gasteiger partial charge in [0.1, 0.15) is 11.5 Å². The Morgan fingerprint density at radius 3 is 2.91 bits per heavy atom. The molecular formula is C17H16N4O2. The van der Waals surface area contributed by atoms with Gasteiger partial charge in [-0.15, -0.1) is 0 Å². The van der Waals surface area contributed by atoms with E-state index in [9.17, 15) is 9.59 Å². The zero-order valence-electron chi connectivity index (χ0n) is 12.6. The van der Waals surface area contributed by atoms with Crippen LogP contribution in [0.15, 0.2) is 29.2 Å². The number of nitrogens with one attached hydrogen (secondary N) is 1. The smallest absolute Gasteiger partial charge is 0.277 e. The van der Waals surface area contributed by atoms with Crippen molar-refractivity contribution in [3.63, 3.8) is 0 Å². The minimum atomic E-state index is -0.253. The molecule has 0 aromatic carbocycles. The predicted molar refractivity (Wildman–Crippen MR) is 83.7 cm³/mol. The van der Waals surface area contributed by atoms with Crippen LogP contribution in [0.1, 0.15) is 53.6 Å². The van der Waals surface area contributed by atoms with E-state index >= 15 is 0 Å². The molecule has 2 fully saturated rings. The maximum Gasteiger partial charge on any atom is 0.277 e. The number of hydrogen-bond donors (Lipinski definition) is 1. The van der Waals surface area contributed by atoms with Gasteiger partial charge in [0.25, 0.3) is 11.5 Å². The first-order valence-corrected chi connectivity index (χ1v) is 8.05. The molecule has 6 nitrogen and oxygen atoms in total. The molecule has 5 rings (SSSR count). The zero-order valence-corrected chi connectivity index (χ0v) is 12.6. The standard InChI is InChI=1S/C17H16N4O2/c22-13-8-11(19-15(20-13)10-3-4-10)16(23)21-9-17(5-6-17)14-12(21)2-1-7-18-14/h1-2,7-8,10H,3-6,9H2,(H,19,20,22). The summed E-state index contributed by atoms with van der Waals surface area (Å²) >= 11 is 0. The number of rotatable bonds is 2. The van der Waals surface area contributed by atoms with Gasteiger partial charge in [-0.1, -0.05) is 0 Å². The summed E-state index contributed by atoms with van der Waals surface area (Å²) in [6.07, 6.45) is 5.97. The van der Waals surface area contributed by atoms with Crippen molar-refractivity contribution < 1.29 is 4.79 Å². The second kappa shape index (κ2) is 4.28. The fourth-order valence-electron chi connectivity index (χ4n) is 3.49. The predicted octanol–water partition coefficient (Wildman–Crippen LogP) is 1.73. The summed E-state index contributed by atoms with van der Waals surface area (Å²) in [5.74, 6) is 0.751. The molecule has 0 saturated heterocycles. The number of carbonyl (C=O) groups is 1. The van der Waals surface area contributed by atoms with Crippen LogP contribution in [0.4, 0.5) is 5.69 Å². The molecule has 3 aliphatic rings. The summed E-state index contributed by atoms with van der Waals surface area (Å²) in [5.41, 5.74) is 1.90. The number of pyridine rings is 1. The van der Waals surface area contributed by atoms with Crippen LogP contribution in [0.2, 0.25) is 0 Å². The maximum absolute atomic E-state index is 13.0. The summed E-state index contributed by atoms with van der Waals surface area (Å²) in [5, 5.41) is 0. The first kappa shape index (κ1) is 13.0. The maximum atomic E-state index is 13.0. The summed E-state index contributed by atoms with van der Waals surface area (Å²) in [4.78, 5) is 38.2. The highest BCUT2D eigenvalue weighted by Gasteiger charge is 2.54. The topological polar surface area (TPSA) is 79.0 Å². The summed E-state index contributed by atoms with van der Waals surface area (Å²) in [7, 11) is 0. The molecule has 0 unspecified atom stereocenters. The molecule has 1 spiro atoms. The minimum Gasteiger partial charge on any atom is -0.310 e. The molecule has 3 heterocycles. The number of amides is 1. The Bertz CT molecular complexity index is 880. The zero-order chi connectivity index (χ0) is 15.6. The number of carbonyl (C=O) groups excluding carboxylic acids is 1. The molecular weight excluding hydrogens is 292 g/mol. The van der Waals surface area contributed by atoms with E-state index in [-0.39, 0.29) is 22.6 Å². The van der Waals surface area contributed by atoms with Crippen molar-refractivity contribution in [1.82, 2.24) is 15.0 Å². The normalized spacial score (nSPS) is 20.6. The fraction of sp³-hybridized carbons (Fsp3) is 0.412. The van der Waals surface area contributed by atoms with Gasteiger partial charge in [0.15, 0.2) is 0 Å². The highest BCUT2D eigenvalue weighted by Crippen LogP contribution is 2.55. The number of aromatic nitrogens is 3. The fourth-order valence-corrected chi connectivity index (χ4v) is 3.49. The van der Waals surface area contributed by atoms with E-state index in [4.69, 9.17) is 0 Å². The molecule has 23 heavy (non-hydrogen) atoms. The summed E-state index contributed by atoms with van der Waals surface area (Å²) in [6, 6.07) is 5.09. The van der Waals surface area contributed by atoms with Crippen molar-refractivity contribution in [3.05, 3.63) is 52.0 Å². The van der Waals surface area contributed by atoms with Crippen molar-refractivity contribution in [1.29, 1.82) is 0 Å². The monoisotopic (exact) mass is 308 g/mol. The number of anilines is 1. The number of aromatic amines is 1. The average Bonchev–Trinajstić information content (AvgIpc) is 3.45. The second-order valence-corrected chi connectivity index (χ2v) is 6.83. The van der Waals surface area contributed by atoms with E-state index in [1.807, 2.05) is 12.1 Å². The van der Waals surface area contributed by atoms with Crippen LogP contribution in [0.3, 0.4) is 0 Å². The second-order valence-electron chi connectivity index (χ2n) is 6.83. The van der Waals surface area contributed by atoms with Crippen molar-refractivity contribution in [3.8, 4) is 0 Å². The van der Waals surface area contributed by atoms with Crippen molar-refractivity contribution in [2.45, 2.75) is 37.0 Å². The number of H-pyrrole nitrogens is 1. The number of hydrogen-bond acceptors (Lipinski definition) is 4. The third kappa shape index (κ3) is 1.94. The lowest BCUT2D eigenvalue weighted by Gasteiger charge is -2.17. The first-order chi connectivity index (χ1) is 11.2. The quantitative estimate of drug-likeness (QED) is 0.916. The molecule has 1 amide bonds. The van der Waals surface area contributed by atoms with Gasteiger partial charge in [-0.05, 0) is 37.8 Å². The van der Waals surface area contributed by atoms with Gasteiger partial charge >= 0.3 is 0 Å². The van der Waals surface area contributed by atoms with Gasteiger partial charge < -0.3 is 9.88 Å². The Morgan fingerprint density at radius 1 is 1.35 bits per heavy atom. The first-order valence-electron chi connectivity index (χ1n) is 8.05. The molecule has 1 aliphatic heterocycles. The third-order valence-electron chi connectivity index (χ3n) is 5.08. The Labute approximate surface area is 132 Å². The molecule has 2 aliphatic carbocycles. The lowest BCUT2D eigenvalue weighted by atomic mass is 10.1. The van der Waals surface area contributed by atoms with Gasteiger partial charge in [0.2, 0.25) is 0 Å². The van der Waals surface area contributed by atoms with Crippen LogP contribution in [0, 0.1) is 0 Å². The van der Waals surface area contributed by atoms with Gasteiger partial charge in [-0.25, -0.2) is 4.98 Å². The van der Waals surface area contributed by atoms with Gasteiger partial charge in [0, 0.05) is 30.1 Å². The third-order valence-corrected chi connectivity index (χ3v) is 5.08.